The maximum absolute atomic E-state index is 12.1. The molecular weight excluding hydrogens is 358 g/mol. The first-order chi connectivity index (χ1) is 12.4. The van der Waals surface area contributed by atoms with E-state index in [0.717, 1.165) is 26.1 Å². The van der Waals surface area contributed by atoms with Gasteiger partial charge in [-0.2, -0.15) is 0 Å². The predicted molar refractivity (Wildman–Crippen MR) is 98.2 cm³/mol. The van der Waals surface area contributed by atoms with Crippen LogP contribution in [0.1, 0.15) is 30.6 Å². The molecule has 1 aromatic carbocycles. The van der Waals surface area contributed by atoms with Crippen LogP contribution in [0.3, 0.4) is 0 Å². The van der Waals surface area contributed by atoms with Crippen molar-refractivity contribution in [2.75, 3.05) is 45.3 Å². The fourth-order valence-electron chi connectivity index (χ4n) is 2.68. The average Bonchev–Trinajstić information content (AvgIpc) is 3.09. The molecule has 1 aliphatic rings. The highest BCUT2D eigenvalue weighted by Gasteiger charge is 2.17. The summed E-state index contributed by atoms with van der Waals surface area (Å²) in [6, 6.07) is 4.86. The molecule has 0 atom stereocenters. The molecule has 1 aromatic rings. The van der Waals surface area contributed by atoms with Gasteiger partial charge in [0.2, 0.25) is 16.8 Å². The molecule has 0 aliphatic carbocycles. The van der Waals surface area contributed by atoms with Crippen molar-refractivity contribution in [3.8, 4) is 11.5 Å². The first-order valence-electron chi connectivity index (χ1n) is 8.94. The minimum Gasteiger partial charge on any atom is -0.454 e. The first-order valence-corrected chi connectivity index (χ1v) is 10.6. The fourth-order valence-corrected chi connectivity index (χ4v) is 3.65. The lowest BCUT2D eigenvalue weighted by Gasteiger charge is -2.15. The zero-order chi connectivity index (χ0) is 19.0. The van der Waals surface area contributed by atoms with E-state index in [2.05, 4.69) is 23.9 Å². The van der Waals surface area contributed by atoms with Gasteiger partial charge in [-0.25, -0.2) is 13.1 Å². The second-order valence-corrected chi connectivity index (χ2v) is 8.02. The van der Waals surface area contributed by atoms with Gasteiger partial charge < -0.3 is 19.7 Å². The topological polar surface area (TPSA) is 98.2 Å². The van der Waals surface area contributed by atoms with E-state index >= 15 is 0 Å². The van der Waals surface area contributed by atoms with Crippen LogP contribution in [0, 0.1) is 0 Å². The summed E-state index contributed by atoms with van der Waals surface area (Å²) in [6.45, 7) is 7.85. The highest BCUT2D eigenvalue weighted by atomic mass is 32.2. The van der Waals surface area contributed by atoms with Crippen LogP contribution in [0.4, 0.5) is 0 Å². The Hall–Kier alpha value is -1.84. The fraction of sp³-hybridized carbons (Fsp3) is 0.588. The Balaban J connectivity index is 1.70. The monoisotopic (exact) mass is 386 g/mol. The molecule has 0 spiro atoms. The second-order valence-electron chi connectivity index (χ2n) is 6.10. The van der Waals surface area contributed by atoms with Crippen LogP contribution in [-0.2, 0) is 10.0 Å². The number of hydrogen-bond donors (Lipinski definition) is 3. The van der Waals surface area contributed by atoms with Crippen molar-refractivity contribution in [3.63, 3.8) is 0 Å². The predicted octanol–water partition coefficient (Wildman–Crippen LogP) is -0.621. The van der Waals surface area contributed by atoms with E-state index in [1.807, 2.05) is 0 Å². The van der Waals surface area contributed by atoms with Gasteiger partial charge in [-0.3, -0.25) is 4.79 Å². The Morgan fingerprint density at radius 3 is 2.62 bits per heavy atom. The number of amides is 1. The normalized spacial score (nSPS) is 13.2. The van der Waals surface area contributed by atoms with Crippen molar-refractivity contribution in [1.82, 2.24) is 10.0 Å². The van der Waals surface area contributed by atoms with Crippen LogP contribution in [0.2, 0.25) is 0 Å². The van der Waals surface area contributed by atoms with E-state index in [-0.39, 0.29) is 25.0 Å². The third kappa shape index (κ3) is 6.15. The van der Waals surface area contributed by atoms with Gasteiger partial charge in [-0.1, -0.05) is 0 Å². The van der Waals surface area contributed by atoms with Crippen molar-refractivity contribution in [1.29, 1.82) is 0 Å². The molecule has 0 unspecified atom stereocenters. The number of carbonyl (C=O) groups is 1. The van der Waals surface area contributed by atoms with Crippen LogP contribution < -0.4 is 24.4 Å². The molecule has 2 rings (SSSR count). The molecule has 3 N–H and O–H groups in total. The van der Waals surface area contributed by atoms with Crippen molar-refractivity contribution >= 4 is 15.9 Å². The number of rotatable bonds is 11. The molecule has 146 valence electrons. The summed E-state index contributed by atoms with van der Waals surface area (Å²) < 4.78 is 37.0. The van der Waals surface area contributed by atoms with Gasteiger partial charge in [0.05, 0.1) is 25.4 Å². The summed E-state index contributed by atoms with van der Waals surface area (Å²) in [6.07, 6.45) is 0.791. The lowest BCUT2D eigenvalue weighted by Crippen LogP contribution is -3.11. The van der Waals surface area contributed by atoms with Gasteiger partial charge in [0.25, 0.3) is 5.91 Å². The van der Waals surface area contributed by atoms with Crippen molar-refractivity contribution < 1.29 is 27.6 Å². The van der Waals surface area contributed by atoms with E-state index in [1.165, 1.54) is 4.90 Å². The van der Waals surface area contributed by atoms with Crippen LogP contribution in [0.5, 0.6) is 11.5 Å². The smallest absolute Gasteiger partial charge is 0.251 e. The zero-order valence-corrected chi connectivity index (χ0v) is 16.2. The Morgan fingerprint density at radius 1 is 1.15 bits per heavy atom. The third-order valence-electron chi connectivity index (χ3n) is 4.32. The highest BCUT2D eigenvalue weighted by molar-refractivity contribution is 7.89. The summed E-state index contributed by atoms with van der Waals surface area (Å²) >= 11 is 0. The molecule has 26 heavy (non-hydrogen) atoms. The number of hydrogen-bond acceptors (Lipinski definition) is 5. The molecule has 0 radical (unpaired) electrons. The summed E-state index contributed by atoms with van der Waals surface area (Å²) in [7, 11) is -3.40. The standard InChI is InChI=1S/C17H27N3O5S/c1-3-20(4-2)10-5-8-19-26(22,23)11-9-18-17(21)14-6-7-15-16(12-14)25-13-24-15/h6-7,12,19H,3-5,8-11,13H2,1-2H3,(H,18,21)/p+1. The van der Waals surface area contributed by atoms with E-state index in [0.29, 0.717) is 23.6 Å². The molecule has 0 fully saturated rings. The van der Waals surface area contributed by atoms with Crippen LogP contribution in [0.25, 0.3) is 0 Å². The van der Waals surface area contributed by atoms with Crippen LogP contribution >= 0.6 is 0 Å². The summed E-state index contributed by atoms with van der Waals surface area (Å²) in [5.74, 6) is 0.618. The Labute approximate surface area is 154 Å². The van der Waals surface area contributed by atoms with Crippen LogP contribution in [0.15, 0.2) is 18.2 Å². The summed E-state index contributed by atoms with van der Waals surface area (Å²) in [4.78, 5) is 13.6. The first kappa shape index (κ1) is 20.5. The molecule has 1 amide bonds. The molecular formula is C17H28N3O5S+. The quantitative estimate of drug-likeness (QED) is 0.440. The minimum atomic E-state index is -3.40. The van der Waals surface area contributed by atoms with E-state index in [9.17, 15) is 13.2 Å². The van der Waals surface area contributed by atoms with Gasteiger partial charge in [0.15, 0.2) is 11.5 Å². The maximum atomic E-state index is 12.1. The number of benzene rings is 1. The largest absolute Gasteiger partial charge is 0.454 e. The maximum Gasteiger partial charge on any atom is 0.251 e. The van der Waals surface area contributed by atoms with Gasteiger partial charge in [-0.05, 0) is 32.0 Å². The molecule has 9 heteroatoms. The van der Waals surface area contributed by atoms with E-state index < -0.39 is 10.0 Å². The van der Waals surface area contributed by atoms with E-state index in [1.54, 1.807) is 18.2 Å². The summed E-state index contributed by atoms with van der Waals surface area (Å²) in [5, 5.41) is 2.61. The molecule has 8 nitrogen and oxygen atoms in total. The average molecular weight is 386 g/mol. The molecule has 0 aromatic heterocycles. The lowest BCUT2D eigenvalue weighted by atomic mass is 10.2. The van der Waals surface area contributed by atoms with Crippen molar-refractivity contribution in [2.24, 2.45) is 0 Å². The van der Waals surface area contributed by atoms with Crippen LogP contribution in [-0.4, -0.2) is 59.6 Å². The van der Waals surface area contributed by atoms with Gasteiger partial charge in [0.1, 0.15) is 0 Å². The van der Waals surface area contributed by atoms with Gasteiger partial charge >= 0.3 is 0 Å². The SMILES string of the molecule is CC[NH+](CC)CCCNS(=O)(=O)CCNC(=O)c1ccc2c(c1)OCO2. The third-order valence-corrected chi connectivity index (χ3v) is 5.71. The van der Waals surface area contributed by atoms with E-state index in [4.69, 9.17) is 9.47 Å². The molecule has 1 aliphatic heterocycles. The molecule has 1 heterocycles. The Bertz CT molecular complexity index is 704. The number of carbonyl (C=O) groups excluding carboxylic acids is 1. The second kappa shape index (κ2) is 9.75. The Kier molecular flexibility index (Phi) is 7.67. The van der Waals surface area contributed by atoms with Gasteiger partial charge in [-0.15, -0.1) is 0 Å². The zero-order valence-electron chi connectivity index (χ0n) is 15.3. The Morgan fingerprint density at radius 2 is 1.88 bits per heavy atom. The summed E-state index contributed by atoms with van der Waals surface area (Å²) in [5.41, 5.74) is 0.404. The number of sulfonamides is 1. The number of ether oxygens (including phenoxy) is 2. The van der Waals surface area contributed by atoms with Gasteiger partial charge in [0, 0.05) is 25.1 Å². The molecule has 0 saturated heterocycles. The molecule has 0 bridgehead atoms. The lowest BCUT2D eigenvalue weighted by molar-refractivity contribution is -0.896. The number of fused-ring (bicyclic) bond motifs is 1. The van der Waals surface area contributed by atoms with Crippen molar-refractivity contribution in [2.45, 2.75) is 20.3 Å². The highest BCUT2D eigenvalue weighted by Crippen LogP contribution is 2.32. The number of nitrogens with one attached hydrogen (secondary N) is 3. The molecule has 0 saturated carbocycles. The minimum absolute atomic E-state index is 0.0455. The number of quaternary nitrogens is 1. The van der Waals surface area contributed by atoms with Crippen molar-refractivity contribution in [3.05, 3.63) is 23.8 Å².